The Balaban J connectivity index is 2.39. The summed E-state index contributed by atoms with van der Waals surface area (Å²) in [6.07, 6.45) is -4.69. The van der Waals surface area contributed by atoms with Gasteiger partial charge < -0.3 is 10.5 Å². The van der Waals surface area contributed by atoms with Gasteiger partial charge in [0.25, 0.3) is 0 Å². The Bertz CT molecular complexity index is 648. The smallest absolute Gasteiger partial charge is 0.428 e. The molecule has 0 aliphatic carbocycles. The van der Waals surface area contributed by atoms with Crippen molar-refractivity contribution in [3.05, 3.63) is 59.2 Å². The third kappa shape index (κ3) is 2.86. The minimum atomic E-state index is -4.69. The molecule has 0 radical (unpaired) electrons. The van der Waals surface area contributed by atoms with E-state index in [1.165, 1.54) is 38.1 Å². The number of anilines is 1. The summed E-state index contributed by atoms with van der Waals surface area (Å²) in [5.74, 6) is -4.83. The molecule has 0 heterocycles. The number of benzene rings is 2. The van der Waals surface area contributed by atoms with Crippen LogP contribution in [0, 0.1) is 13.8 Å². The third-order valence-electron chi connectivity index (χ3n) is 3.31. The van der Waals surface area contributed by atoms with E-state index in [1.54, 1.807) is 6.07 Å². The summed E-state index contributed by atoms with van der Waals surface area (Å²) in [4.78, 5) is 0. The van der Waals surface area contributed by atoms with Gasteiger partial charge in [0.15, 0.2) is 0 Å². The SMILES string of the molecule is Cc1cc(C(F)(F)C(F)(F)Oc2ccccc2)cc(C)c1N. The topological polar surface area (TPSA) is 35.2 Å². The first kappa shape index (κ1) is 16.1. The normalized spacial score (nSPS) is 12.3. The largest absolute Gasteiger partial charge is 0.469 e. The van der Waals surface area contributed by atoms with Crippen LogP contribution in [0.2, 0.25) is 0 Å². The highest BCUT2D eigenvalue weighted by Gasteiger charge is 2.60. The van der Waals surface area contributed by atoms with Crippen LogP contribution in [0.4, 0.5) is 23.2 Å². The van der Waals surface area contributed by atoms with Crippen LogP contribution in [-0.2, 0) is 5.92 Å². The quantitative estimate of drug-likeness (QED) is 0.659. The lowest BCUT2D eigenvalue weighted by atomic mass is 10.00. The van der Waals surface area contributed by atoms with Crippen LogP contribution in [0.25, 0.3) is 0 Å². The van der Waals surface area contributed by atoms with Crippen molar-refractivity contribution in [1.82, 2.24) is 0 Å². The number of nitrogens with two attached hydrogens (primary N) is 1. The first-order chi connectivity index (χ1) is 10.1. The number of para-hydroxylation sites is 1. The Hall–Kier alpha value is -2.24. The molecule has 0 aliphatic rings. The van der Waals surface area contributed by atoms with Gasteiger partial charge in [-0.1, -0.05) is 18.2 Å². The van der Waals surface area contributed by atoms with Gasteiger partial charge in [0, 0.05) is 11.3 Å². The average molecular weight is 313 g/mol. The molecule has 2 nitrogen and oxygen atoms in total. The van der Waals surface area contributed by atoms with Crippen LogP contribution in [0.3, 0.4) is 0 Å². The molecule has 22 heavy (non-hydrogen) atoms. The molecule has 2 N–H and O–H groups in total. The molecule has 0 aliphatic heterocycles. The van der Waals surface area contributed by atoms with Crippen molar-refractivity contribution in [3.63, 3.8) is 0 Å². The van der Waals surface area contributed by atoms with E-state index in [0.29, 0.717) is 16.8 Å². The summed E-state index contributed by atoms with van der Waals surface area (Å²) < 4.78 is 60.5. The number of ether oxygens (including phenoxy) is 1. The minimum absolute atomic E-state index is 0.298. The van der Waals surface area contributed by atoms with Crippen LogP contribution in [0.15, 0.2) is 42.5 Å². The lowest BCUT2D eigenvalue weighted by Gasteiger charge is -2.27. The fourth-order valence-corrected chi connectivity index (χ4v) is 2.02. The maximum atomic E-state index is 14.2. The third-order valence-corrected chi connectivity index (χ3v) is 3.31. The van der Waals surface area contributed by atoms with Crippen LogP contribution in [-0.4, -0.2) is 6.11 Å². The summed E-state index contributed by atoms with van der Waals surface area (Å²) in [5, 5.41) is 0. The van der Waals surface area contributed by atoms with E-state index in [2.05, 4.69) is 4.74 Å². The maximum Gasteiger partial charge on any atom is 0.469 e. The lowest BCUT2D eigenvalue weighted by molar-refractivity contribution is -0.316. The van der Waals surface area contributed by atoms with Gasteiger partial charge in [0.2, 0.25) is 0 Å². The molecule has 2 rings (SSSR count). The summed E-state index contributed by atoms with van der Waals surface area (Å²) in [5.41, 5.74) is 5.75. The van der Waals surface area contributed by atoms with E-state index < -0.39 is 17.6 Å². The Labute approximate surface area is 125 Å². The molecule has 0 saturated heterocycles. The van der Waals surface area contributed by atoms with Gasteiger partial charge in [-0.05, 0) is 49.2 Å². The van der Waals surface area contributed by atoms with Gasteiger partial charge in [-0.3, -0.25) is 0 Å². The molecule has 0 saturated carbocycles. The van der Waals surface area contributed by atoms with Gasteiger partial charge in [-0.15, -0.1) is 0 Å². The zero-order valence-corrected chi connectivity index (χ0v) is 12.0. The molecule has 0 unspecified atom stereocenters. The van der Waals surface area contributed by atoms with Crippen molar-refractivity contribution < 1.29 is 22.3 Å². The van der Waals surface area contributed by atoms with Crippen LogP contribution in [0.1, 0.15) is 16.7 Å². The zero-order chi connectivity index (χ0) is 16.5. The molecule has 6 heteroatoms. The van der Waals surface area contributed by atoms with Crippen molar-refractivity contribution in [2.45, 2.75) is 25.9 Å². The van der Waals surface area contributed by atoms with E-state index in [0.717, 1.165) is 12.1 Å². The van der Waals surface area contributed by atoms with Crippen LogP contribution in [0.5, 0.6) is 5.75 Å². The van der Waals surface area contributed by atoms with Crippen LogP contribution < -0.4 is 10.5 Å². The highest BCUT2D eigenvalue weighted by molar-refractivity contribution is 5.55. The molecule has 0 bridgehead atoms. The van der Waals surface area contributed by atoms with E-state index in [4.69, 9.17) is 5.73 Å². The molecular formula is C16H15F4NO. The van der Waals surface area contributed by atoms with Crippen molar-refractivity contribution in [2.24, 2.45) is 0 Å². The highest BCUT2D eigenvalue weighted by Crippen LogP contribution is 2.45. The fraction of sp³-hybridized carbons (Fsp3) is 0.250. The van der Waals surface area contributed by atoms with Crippen molar-refractivity contribution in [1.29, 1.82) is 0 Å². The average Bonchev–Trinajstić information content (AvgIpc) is 2.44. The van der Waals surface area contributed by atoms with Gasteiger partial charge in [0.05, 0.1) is 0 Å². The number of hydrogen-bond donors (Lipinski definition) is 1. The second kappa shape index (κ2) is 5.51. The number of rotatable bonds is 4. The van der Waals surface area contributed by atoms with E-state index >= 15 is 0 Å². The molecular weight excluding hydrogens is 298 g/mol. The molecule has 2 aromatic rings. The molecule has 118 valence electrons. The van der Waals surface area contributed by atoms with Crippen molar-refractivity contribution in [2.75, 3.05) is 5.73 Å². The lowest BCUT2D eigenvalue weighted by Crippen LogP contribution is -2.43. The van der Waals surface area contributed by atoms with Gasteiger partial charge in [-0.25, -0.2) is 0 Å². The molecule has 2 aromatic carbocycles. The van der Waals surface area contributed by atoms with Crippen molar-refractivity contribution in [3.8, 4) is 5.75 Å². The second-order valence-corrected chi connectivity index (χ2v) is 5.03. The fourth-order valence-electron chi connectivity index (χ4n) is 2.02. The number of halogens is 4. The molecule has 0 aromatic heterocycles. The summed E-state index contributed by atoms with van der Waals surface area (Å²) >= 11 is 0. The molecule has 0 amide bonds. The Morgan fingerprint density at radius 1 is 0.909 bits per heavy atom. The summed E-state index contributed by atoms with van der Waals surface area (Å²) in [6.45, 7) is 2.97. The predicted octanol–water partition coefficient (Wildman–Crippen LogP) is 4.65. The highest BCUT2D eigenvalue weighted by atomic mass is 19.3. The molecule has 0 fully saturated rings. The van der Waals surface area contributed by atoms with E-state index in [9.17, 15) is 17.6 Å². The van der Waals surface area contributed by atoms with Gasteiger partial charge in [-0.2, -0.15) is 17.6 Å². The van der Waals surface area contributed by atoms with Gasteiger partial charge in [0.1, 0.15) is 5.75 Å². The number of nitrogen functional groups attached to an aromatic ring is 1. The first-order valence-electron chi connectivity index (χ1n) is 6.52. The zero-order valence-electron chi connectivity index (χ0n) is 12.0. The van der Waals surface area contributed by atoms with Crippen LogP contribution >= 0.6 is 0 Å². The first-order valence-corrected chi connectivity index (χ1v) is 6.52. The summed E-state index contributed by atoms with van der Waals surface area (Å²) in [7, 11) is 0. The predicted molar refractivity (Wildman–Crippen MR) is 76.2 cm³/mol. The Morgan fingerprint density at radius 2 is 1.41 bits per heavy atom. The Kier molecular flexibility index (Phi) is 4.04. The van der Waals surface area contributed by atoms with Crippen molar-refractivity contribution >= 4 is 5.69 Å². The monoisotopic (exact) mass is 313 g/mol. The maximum absolute atomic E-state index is 14.2. The molecule has 0 spiro atoms. The second-order valence-electron chi connectivity index (χ2n) is 5.03. The van der Waals surface area contributed by atoms with E-state index in [-0.39, 0.29) is 5.75 Å². The molecule has 0 atom stereocenters. The van der Waals surface area contributed by atoms with E-state index in [1.807, 2.05) is 0 Å². The standard InChI is InChI=1S/C16H15F4NO/c1-10-8-12(9-11(2)14(10)21)15(17,18)16(19,20)22-13-6-4-3-5-7-13/h3-9H,21H2,1-2H3. The van der Waals surface area contributed by atoms with Gasteiger partial charge >= 0.3 is 12.0 Å². The summed E-state index contributed by atoms with van der Waals surface area (Å²) in [6, 6.07) is 8.67. The number of alkyl halides is 4. The minimum Gasteiger partial charge on any atom is -0.428 e. The number of aryl methyl sites for hydroxylation is 2. The Morgan fingerprint density at radius 3 is 1.91 bits per heavy atom. The number of hydrogen-bond acceptors (Lipinski definition) is 2.